The van der Waals surface area contributed by atoms with Crippen LogP contribution in [0.4, 0.5) is 14.6 Å². The summed E-state index contributed by atoms with van der Waals surface area (Å²) in [6, 6.07) is 0. The van der Waals surface area contributed by atoms with Crippen LogP contribution in [0.15, 0.2) is 18.7 Å². The topological polar surface area (TPSA) is 67.1 Å². The van der Waals surface area contributed by atoms with E-state index in [4.69, 9.17) is 0 Å². The quantitative estimate of drug-likeness (QED) is 0.861. The van der Waals surface area contributed by atoms with E-state index >= 15 is 0 Å². The van der Waals surface area contributed by atoms with E-state index in [1.807, 2.05) is 0 Å². The Kier molecular flexibility index (Phi) is 3.02. The number of hydrogen-bond donors (Lipinski definition) is 2. The summed E-state index contributed by atoms with van der Waals surface area (Å²) in [5.74, 6) is -2.91. The van der Waals surface area contributed by atoms with Crippen LogP contribution in [0.1, 0.15) is 6.42 Å². The van der Waals surface area contributed by atoms with Crippen LogP contribution >= 0.6 is 0 Å². The van der Waals surface area contributed by atoms with Gasteiger partial charge >= 0.3 is 0 Å². The van der Waals surface area contributed by atoms with Gasteiger partial charge in [-0.15, -0.1) is 10.2 Å². The third-order valence-electron chi connectivity index (χ3n) is 3.36. The lowest BCUT2D eigenvalue weighted by atomic mass is 9.94. The molecule has 2 N–H and O–H groups in total. The fraction of sp³-hybridized carbons (Fsp3) is 0.545. The zero-order chi connectivity index (χ0) is 13.3. The molecule has 1 aliphatic rings. The van der Waals surface area contributed by atoms with Gasteiger partial charge in [-0.25, -0.2) is 13.8 Å². The summed E-state index contributed by atoms with van der Waals surface area (Å²) >= 11 is 0. The molecule has 1 fully saturated rings. The van der Waals surface area contributed by atoms with Gasteiger partial charge in [-0.2, -0.15) is 0 Å². The minimum atomic E-state index is -2.69. The van der Waals surface area contributed by atoms with Crippen molar-refractivity contribution in [2.45, 2.75) is 12.3 Å². The monoisotopic (exact) mass is 268 g/mol. The molecule has 102 valence electrons. The molecule has 1 aliphatic heterocycles. The first kappa shape index (κ1) is 12.2. The summed E-state index contributed by atoms with van der Waals surface area (Å²) in [5, 5.41) is 13.3. The molecule has 0 bridgehead atoms. The van der Waals surface area contributed by atoms with Gasteiger partial charge in [0, 0.05) is 24.9 Å². The number of nitrogens with zero attached hydrogens (tertiary/aromatic N) is 4. The van der Waals surface area contributed by atoms with Crippen LogP contribution in [-0.4, -0.2) is 45.1 Å². The predicted molar refractivity (Wildman–Crippen MR) is 65.2 cm³/mol. The molecule has 0 amide bonds. The molecule has 0 spiro atoms. The maximum absolute atomic E-state index is 13.7. The fourth-order valence-electron chi connectivity index (χ4n) is 2.24. The van der Waals surface area contributed by atoms with Gasteiger partial charge in [-0.3, -0.25) is 4.40 Å². The molecule has 0 radical (unpaired) electrons. The van der Waals surface area contributed by atoms with Crippen molar-refractivity contribution >= 4 is 11.5 Å². The van der Waals surface area contributed by atoms with Crippen LogP contribution in [0.2, 0.25) is 0 Å². The summed E-state index contributed by atoms with van der Waals surface area (Å²) in [5.41, 5.74) is 0.541. The lowest BCUT2D eigenvalue weighted by molar-refractivity contribution is -0.0678. The first-order valence-corrected chi connectivity index (χ1v) is 6.13. The Balaban J connectivity index is 1.73. The maximum Gasteiger partial charge on any atom is 0.264 e. The molecule has 1 atom stereocenters. The number of piperidine rings is 1. The first-order chi connectivity index (χ1) is 9.17. The minimum absolute atomic E-state index is 0.175. The van der Waals surface area contributed by atoms with Gasteiger partial charge < -0.3 is 10.6 Å². The zero-order valence-corrected chi connectivity index (χ0v) is 10.2. The summed E-state index contributed by atoms with van der Waals surface area (Å²) in [6.07, 6.45) is 5.27. The largest absolute Gasteiger partial charge is 0.366 e. The van der Waals surface area contributed by atoms with Crippen molar-refractivity contribution in [1.82, 2.24) is 24.9 Å². The molecule has 0 aromatic carbocycles. The lowest BCUT2D eigenvalue weighted by Gasteiger charge is -2.31. The van der Waals surface area contributed by atoms with Crippen LogP contribution in [0.3, 0.4) is 0 Å². The van der Waals surface area contributed by atoms with Crippen molar-refractivity contribution < 1.29 is 8.78 Å². The molecule has 1 saturated heterocycles. The average Bonchev–Trinajstić information content (AvgIpc) is 2.86. The van der Waals surface area contributed by atoms with Gasteiger partial charge in [0.1, 0.15) is 6.33 Å². The van der Waals surface area contributed by atoms with Crippen LogP contribution in [0, 0.1) is 5.92 Å². The predicted octanol–water partition coefficient (Wildman–Crippen LogP) is 0.781. The molecule has 2 aromatic heterocycles. The lowest BCUT2D eigenvalue weighted by Crippen LogP contribution is -2.48. The van der Waals surface area contributed by atoms with Gasteiger partial charge in [0.15, 0.2) is 5.82 Å². The van der Waals surface area contributed by atoms with E-state index in [9.17, 15) is 8.78 Å². The normalized spacial score (nSPS) is 22.5. The summed E-state index contributed by atoms with van der Waals surface area (Å²) in [4.78, 5) is 4.12. The highest BCUT2D eigenvalue weighted by Gasteiger charge is 2.41. The van der Waals surface area contributed by atoms with Crippen molar-refractivity contribution in [2.75, 3.05) is 25.0 Å². The van der Waals surface area contributed by atoms with Crippen LogP contribution in [0.5, 0.6) is 0 Å². The van der Waals surface area contributed by atoms with Crippen LogP contribution < -0.4 is 10.6 Å². The highest BCUT2D eigenvalue weighted by atomic mass is 19.3. The van der Waals surface area contributed by atoms with Crippen molar-refractivity contribution in [3.05, 3.63) is 18.7 Å². The van der Waals surface area contributed by atoms with Crippen LogP contribution in [0.25, 0.3) is 5.65 Å². The Morgan fingerprint density at radius 1 is 1.53 bits per heavy atom. The Morgan fingerprint density at radius 3 is 3.26 bits per heavy atom. The van der Waals surface area contributed by atoms with E-state index in [-0.39, 0.29) is 13.1 Å². The smallest absolute Gasteiger partial charge is 0.264 e. The highest BCUT2D eigenvalue weighted by molar-refractivity contribution is 5.61. The van der Waals surface area contributed by atoms with E-state index in [1.165, 1.54) is 0 Å². The Morgan fingerprint density at radius 2 is 2.42 bits per heavy atom. The number of hydrogen-bond acceptors (Lipinski definition) is 5. The summed E-state index contributed by atoms with van der Waals surface area (Å²) in [7, 11) is 0. The Bertz CT molecular complexity index is 569. The second-order valence-electron chi connectivity index (χ2n) is 4.64. The molecule has 3 rings (SSSR count). The highest BCUT2D eigenvalue weighted by Crippen LogP contribution is 2.29. The SMILES string of the molecule is FC1(F)CNCC[C@@H]1CNc1nccn2cnnc12. The average molecular weight is 268 g/mol. The van der Waals surface area contributed by atoms with Crippen molar-refractivity contribution in [1.29, 1.82) is 0 Å². The zero-order valence-electron chi connectivity index (χ0n) is 10.2. The van der Waals surface area contributed by atoms with Crippen molar-refractivity contribution in [3.63, 3.8) is 0 Å². The Hall–Kier alpha value is -1.83. The second kappa shape index (κ2) is 4.69. The standard InChI is InChI=1S/C11H14F2N6/c12-11(13)6-14-2-1-8(11)5-16-9-10-18-17-7-19(10)4-3-15-9/h3-4,7-8,14H,1-2,5-6H2,(H,15,16)/t8-/m1/s1. The summed E-state index contributed by atoms with van der Waals surface area (Å²) in [6.45, 7) is 0.528. The molecule has 0 unspecified atom stereocenters. The molecule has 0 aliphatic carbocycles. The van der Waals surface area contributed by atoms with E-state index < -0.39 is 11.8 Å². The molecular weight excluding hydrogens is 254 g/mol. The number of aromatic nitrogens is 4. The number of nitrogens with one attached hydrogen (secondary N) is 2. The van der Waals surface area contributed by atoms with E-state index in [2.05, 4.69) is 25.8 Å². The molecular formula is C11H14F2N6. The molecule has 2 aromatic rings. The number of halogens is 2. The number of fused-ring (bicyclic) bond motifs is 1. The van der Waals surface area contributed by atoms with Crippen molar-refractivity contribution in [2.24, 2.45) is 5.92 Å². The molecule has 0 saturated carbocycles. The van der Waals surface area contributed by atoms with Gasteiger partial charge in [0.2, 0.25) is 5.65 Å². The molecule has 8 heteroatoms. The summed E-state index contributed by atoms with van der Waals surface area (Å²) < 4.78 is 29.0. The van der Waals surface area contributed by atoms with E-state index in [0.717, 1.165) is 0 Å². The second-order valence-corrected chi connectivity index (χ2v) is 4.64. The maximum atomic E-state index is 13.7. The first-order valence-electron chi connectivity index (χ1n) is 6.13. The number of anilines is 1. The van der Waals surface area contributed by atoms with E-state index in [0.29, 0.717) is 24.4 Å². The van der Waals surface area contributed by atoms with E-state index in [1.54, 1.807) is 23.1 Å². The molecule has 6 nitrogen and oxygen atoms in total. The van der Waals surface area contributed by atoms with Crippen molar-refractivity contribution in [3.8, 4) is 0 Å². The van der Waals surface area contributed by atoms with Gasteiger partial charge in [0.05, 0.1) is 6.54 Å². The number of alkyl halides is 2. The van der Waals surface area contributed by atoms with Gasteiger partial charge in [0.25, 0.3) is 5.92 Å². The third-order valence-corrected chi connectivity index (χ3v) is 3.36. The molecule has 3 heterocycles. The third kappa shape index (κ3) is 2.35. The number of rotatable bonds is 3. The molecule has 19 heavy (non-hydrogen) atoms. The van der Waals surface area contributed by atoms with Gasteiger partial charge in [-0.1, -0.05) is 0 Å². The fourth-order valence-corrected chi connectivity index (χ4v) is 2.24. The van der Waals surface area contributed by atoms with Gasteiger partial charge in [-0.05, 0) is 13.0 Å². The van der Waals surface area contributed by atoms with Crippen LogP contribution in [-0.2, 0) is 0 Å². The minimum Gasteiger partial charge on any atom is -0.366 e. The Labute approximate surface area is 108 Å².